The van der Waals surface area contributed by atoms with Crippen LogP contribution in [0.4, 0.5) is 0 Å². The van der Waals surface area contributed by atoms with E-state index in [9.17, 15) is 14.4 Å². The molecular formula is C13H20N2O3. The van der Waals surface area contributed by atoms with E-state index in [0.717, 1.165) is 19.4 Å². The minimum atomic E-state index is -0.0733. The maximum atomic E-state index is 12.3. The van der Waals surface area contributed by atoms with Crippen LogP contribution in [0.5, 0.6) is 0 Å². The van der Waals surface area contributed by atoms with Gasteiger partial charge in [0.05, 0.1) is 5.92 Å². The van der Waals surface area contributed by atoms with Gasteiger partial charge in [0.1, 0.15) is 5.78 Å². The molecule has 2 rings (SSSR count). The minimum absolute atomic E-state index is 0.0429. The van der Waals surface area contributed by atoms with Crippen LogP contribution >= 0.6 is 0 Å². The first-order valence-corrected chi connectivity index (χ1v) is 6.64. The van der Waals surface area contributed by atoms with Gasteiger partial charge in [0, 0.05) is 45.9 Å². The van der Waals surface area contributed by atoms with Crippen molar-refractivity contribution in [2.24, 2.45) is 5.92 Å². The Morgan fingerprint density at radius 1 is 1.11 bits per heavy atom. The summed E-state index contributed by atoms with van der Waals surface area (Å²) in [6, 6.07) is 0. The lowest BCUT2D eigenvalue weighted by Crippen LogP contribution is -2.48. The van der Waals surface area contributed by atoms with Crippen LogP contribution in [0.2, 0.25) is 0 Å². The Labute approximate surface area is 107 Å². The number of nitrogens with zero attached hydrogens (tertiary/aromatic N) is 2. The second-order valence-corrected chi connectivity index (χ2v) is 5.17. The molecule has 2 aliphatic rings. The van der Waals surface area contributed by atoms with Crippen molar-refractivity contribution in [3.63, 3.8) is 0 Å². The molecule has 5 nitrogen and oxygen atoms in total. The molecule has 0 aliphatic carbocycles. The molecule has 2 heterocycles. The van der Waals surface area contributed by atoms with Gasteiger partial charge in [-0.3, -0.25) is 14.4 Å². The van der Waals surface area contributed by atoms with E-state index in [1.165, 1.54) is 0 Å². The van der Waals surface area contributed by atoms with Gasteiger partial charge in [0.2, 0.25) is 11.8 Å². The zero-order valence-corrected chi connectivity index (χ0v) is 10.9. The van der Waals surface area contributed by atoms with Gasteiger partial charge in [0.25, 0.3) is 0 Å². The SMILES string of the molecule is CC(=O)N1CCCC(C(=O)N2CCC(=O)CC2)C1. The van der Waals surface area contributed by atoms with E-state index in [-0.39, 0.29) is 23.5 Å². The van der Waals surface area contributed by atoms with Crippen LogP contribution in [0.25, 0.3) is 0 Å². The van der Waals surface area contributed by atoms with Gasteiger partial charge in [-0.15, -0.1) is 0 Å². The maximum Gasteiger partial charge on any atom is 0.227 e. The molecular weight excluding hydrogens is 232 g/mol. The molecule has 1 atom stereocenters. The Morgan fingerprint density at radius 2 is 1.78 bits per heavy atom. The first-order valence-electron chi connectivity index (χ1n) is 6.64. The average molecular weight is 252 g/mol. The number of likely N-dealkylation sites (tertiary alicyclic amines) is 2. The maximum absolute atomic E-state index is 12.3. The first kappa shape index (κ1) is 13.1. The predicted molar refractivity (Wildman–Crippen MR) is 65.8 cm³/mol. The van der Waals surface area contributed by atoms with Crippen LogP contribution in [0, 0.1) is 5.92 Å². The second-order valence-electron chi connectivity index (χ2n) is 5.17. The molecule has 0 N–H and O–H groups in total. The number of carbonyl (C=O) groups is 3. The average Bonchev–Trinajstić information content (AvgIpc) is 2.39. The fourth-order valence-corrected chi connectivity index (χ4v) is 2.70. The van der Waals surface area contributed by atoms with Gasteiger partial charge < -0.3 is 9.80 Å². The largest absolute Gasteiger partial charge is 0.342 e. The van der Waals surface area contributed by atoms with E-state index in [1.54, 1.807) is 16.7 Å². The summed E-state index contributed by atoms with van der Waals surface area (Å²) in [5.41, 5.74) is 0. The zero-order valence-electron chi connectivity index (χ0n) is 10.9. The predicted octanol–water partition coefficient (Wildman–Crippen LogP) is 0.436. The number of piperidine rings is 2. The lowest BCUT2D eigenvalue weighted by atomic mass is 9.95. The van der Waals surface area contributed by atoms with Crippen molar-refractivity contribution in [3.05, 3.63) is 0 Å². The Kier molecular flexibility index (Phi) is 3.99. The fraction of sp³-hybridized carbons (Fsp3) is 0.769. The molecule has 0 aromatic heterocycles. The minimum Gasteiger partial charge on any atom is -0.342 e. The molecule has 2 saturated heterocycles. The standard InChI is InChI=1S/C13H20N2O3/c1-10(16)15-6-2-3-11(9-15)13(18)14-7-4-12(17)5-8-14/h11H,2-9H2,1H3. The second kappa shape index (κ2) is 5.50. The smallest absolute Gasteiger partial charge is 0.227 e. The highest BCUT2D eigenvalue weighted by Crippen LogP contribution is 2.20. The lowest BCUT2D eigenvalue weighted by Gasteiger charge is -2.35. The van der Waals surface area contributed by atoms with Gasteiger partial charge in [0.15, 0.2) is 0 Å². The highest BCUT2D eigenvalue weighted by Gasteiger charge is 2.31. The van der Waals surface area contributed by atoms with Crippen LogP contribution in [0.1, 0.15) is 32.6 Å². The summed E-state index contributed by atoms with van der Waals surface area (Å²) in [4.78, 5) is 38.3. The molecule has 0 saturated carbocycles. The monoisotopic (exact) mass is 252 g/mol. The van der Waals surface area contributed by atoms with Gasteiger partial charge >= 0.3 is 0 Å². The third-order valence-electron chi connectivity index (χ3n) is 3.85. The van der Waals surface area contributed by atoms with Crippen molar-refractivity contribution in [1.82, 2.24) is 9.80 Å². The van der Waals surface area contributed by atoms with Gasteiger partial charge in [-0.2, -0.15) is 0 Å². The molecule has 0 radical (unpaired) electrons. The quantitative estimate of drug-likeness (QED) is 0.680. The van der Waals surface area contributed by atoms with E-state index < -0.39 is 0 Å². The molecule has 100 valence electrons. The Morgan fingerprint density at radius 3 is 2.39 bits per heavy atom. The van der Waals surface area contributed by atoms with Crippen LogP contribution in [-0.2, 0) is 14.4 Å². The highest BCUT2D eigenvalue weighted by molar-refractivity contribution is 5.85. The highest BCUT2D eigenvalue weighted by atomic mass is 16.2. The van der Waals surface area contributed by atoms with E-state index in [1.807, 2.05) is 0 Å². The molecule has 0 spiro atoms. The summed E-state index contributed by atoms with van der Waals surface area (Å²) in [5.74, 6) is 0.332. The summed E-state index contributed by atoms with van der Waals surface area (Å²) in [7, 11) is 0. The Bertz CT molecular complexity index is 357. The summed E-state index contributed by atoms with van der Waals surface area (Å²) in [5, 5.41) is 0. The van der Waals surface area contributed by atoms with Gasteiger partial charge in [-0.25, -0.2) is 0 Å². The summed E-state index contributed by atoms with van der Waals surface area (Å²) in [6.07, 6.45) is 2.71. The van der Waals surface area contributed by atoms with E-state index in [4.69, 9.17) is 0 Å². The third-order valence-corrected chi connectivity index (χ3v) is 3.85. The van der Waals surface area contributed by atoms with Crippen molar-refractivity contribution in [3.8, 4) is 0 Å². The number of carbonyl (C=O) groups excluding carboxylic acids is 3. The molecule has 0 aromatic rings. The molecule has 18 heavy (non-hydrogen) atoms. The summed E-state index contributed by atoms with van der Waals surface area (Å²) >= 11 is 0. The van der Waals surface area contributed by atoms with Crippen molar-refractivity contribution in [2.75, 3.05) is 26.2 Å². The van der Waals surface area contributed by atoms with Gasteiger partial charge in [-0.05, 0) is 12.8 Å². The molecule has 0 aromatic carbocycles. The van der Waals surface area contributed by atoms with Gasteiger partial charge in [-0.1, -0.05) is 0 Å². The molecule has 5 heteroatoms. The van der Waals surface area contributed by atoms with Crippen molar-refractivity contribution >= 4 is 17.6 Å². The molecule has 2 fully saturated rings. The Balaban J connectivity index is 1.92. The van der Waals surface area contributed by atoms with Crippen LogP contribution in [0.3, 0.4) is 0 Å². The van der Waals surface area contributed by atoms with E-state index >= 15 is 0 Å². The third kappa shape index (κ3) is 2.89. The topological polar surface area (TPSA) is 57.7 Å². The number of amides is 2. The van der Waals surface area contributed by atoms with Crippen molar-refractivity contribution < 1.29 is 14.4 Å². The van der Waals surface area contributed by atoms with E-state index in [2.05, 4.69) is 0 Å². The van der Waals surface area contributed by atoms with E-state index in [0.29, 0.717) is 32.5 Å². The fourth-order valence-electron chi connectivity index (χ4n) is 2.70. The van der Waals surface area contributed by atoms with Crippen molar-refractivity contribution in [2.45, 2.75) is 32.6 Å². The molecule has 2 aliphatic heterocycles. The Hall–Kier alpha value is -1.39. The normalized spacial score (nSPS) is 25.2. The van der Waals surface area contributed by atoms with Crippen LogP contribution in [0.15, 0.2) is 0 Å². The lowest BCUT2D eigenvalue weighted by molar-refractivity contribution is -0.141. The molecule has 2 amide bonds. The summed E-state index contributed by atoms with van der Waals surface area (Å²) in [6.45, 7) is 3.95. The number of hydrogen-bond donors (Lipinski definition) is 0. The summed E-state index contributed by atoms with van der Waals surface area (Å²) < 4.78 is 0. The molecule has 1 unspecified atom stereocenters. The number of ketones is 1. The number of hydrogen-bond acceptors (Lipinski definition) is 3. The number of rotatable bonds is 1. The first-order chi connectivity index (χ1) is 8.58. The zero-order chi connectivity index (χ0) is 13.1. The van der Waals surface area contributed by atoms with Crippen molar-refractivity contribution in [1.29, 1.82) is 0 Å². The van der Waals surface area contributed by atoms with Crippen LogP contribution in [-0.4, -0.2) is 53.6 Å². The molecule has 0 bridgehead atoms. The van der Waals surface area contributed by atoms with Crippen LogP contribution < -0.4 is 0 Å². The number of Topliss-reactive ketones (excluding diaryl/α,β-unsaturated/α-hetero) is 1.